The van der Waals surface area contributed by atoms with Gasteiger partial charge in [-0.25, -0.2) is 8.42 Å². The van der Waals surface area contributed by atoms with Crippen molar-refractivity contribution in [3.05, 3.63) is 58.1 Å². The fraction of sp³-hybridized carbons (Fsp3) is 0.481. The minimum absolute atomic E-state index is 0.0475. The van der Waals surface area contributed by atoms with Crippen molar-refractivity contribution in [2.24, 2.45) is 0 Å². The van der Waals surface area contributed by atoms with Crippen LogP contribution in [0.4, 0.5) is 5.69 Å². The number of hydrogen-bond donors (Lipinski definition) is 1. The van der Waals surface area contributed by atoms with Crippen molar-refractivity contribution in [3.8, 4) is 5.75 Å². The fourth-order valence-electron chi connectivity index (χ4n) is 4.68. The second-order valence-electron chi connectivity index (χ2n) is 9.46. The zero-order chi connectivity index (χ0) is 27.9. The van der Waals surface area contributed by atoms with Gasteiger partial charge >= 0.3 is 0 Å². The van der Waals surface area contributed by atoms with Crippen molar-refractivity contribution in [1.82, 2.24) is 10.2 Å². The highest BCUT2D eigenvalue weighted by molar-refractivity contribution is 7.92. The van der Waals surface area contributed by atoms with E-state index in [9.17, 15) is 18.0 Å². The third-order valence-electron chi connectivity index (χ3n) is 6.77. The average Bonchev–Trinajstić information content (AvgIpc) is 2.88. The number of benzene rings is 2. The first-order valence-corrected chi connectivity index (χ1v) is 15.3. The van der Waals surface area contributed by atoms with Gasteiger partial charge in [0.05, 0.1) is 19.1 Å². The van der Waals surface area contributed by atoms with Crippen molar-refractivity contribution in [2.45, 2.75) is 64.1 Å². The van der Waals surface area contributed by atoms with E-state index in [1.54, 1.807) is 42.5 Å². The number of carbonyl (C=O) groups is 2. The summed E-state index contributed by atoms with van der Waals surface area (Å²) in [6, 6.07) is 10.6. The standard InChI is InChI=1S/C27H35Cl2N3O5S/c1-4-25(27(34)30-19-9-6-5-7-10-19)31(17-22-23(28)11-8-12-24(22)29)26(33)18-32(38(3,35)36)20-13-15-21(37-2)16-14-20/h8,11-16,19,25H,4-7,9-10,17-18H2,1-3H3,(H,30,34)/t25-/m0/s1. The van der Waals surface area contributed by atoms with Crippen LogP contribution >= 0.6 is 23.2 Å². The van der Waals surface area contributed by atoms with Crippen LogP contribution in [-0.4, -0.2) is 57.1 Å². The third-order valence-corrected chi connectivity index (χ3v) is 8.62. The van der Waals surface area contributed by atoms with E-state index in [2.05, 4.69) is 5.32 Å². The lowest BCUT2D eigenvalue weighted by atomic mass is 9.95. The Bertz CT molecular complexity index is 1200. The second-order valence-corrected chi connectivity index (χ2v) is 12.2. The molecule has 0 spiro atoms. The van der Waals surface area contributed by atoms with E-state index in [4.69, 9.17) is 27.9 Å². The van der Waals surface area contributed by atoms with E-state index in [1.165, 1.54) is 12.0 Å². The molecule has 3 rings (SSSR count). The first-order chi connectivity index (χ1) is 18.0. The van der Waals surface area contributed by atoms with Crippen LogP contribution in [-0.2, 0) is 26.2 Å². The number of nitrogens with one attached hydrogen (secondary N) is 1. The lowest BCUT2D eigenvalue weighted by Crippen LogP contribution is -2.54. The van der Waals surface area contributed by atoms with Crippen molar-refractivity contribution in [3.63, 3.8) is 0 Å². The molecule has 2 aromatic carbocycles. The number of methoxy groups -OCH3 is 1. The zero-order valence-electron chi connectivity index (χ0n) is 22.0. The van der Waals surface area contributed by atoms with Crippen LogP contribution < -0.4 is 14.4 Å². The van der Waals surface area contributed by atoms with Gasteiger partial charge in [-0.1, -0.05) is 55.5 Å². The molecule has 1 N–H and O–H groups in total. The SMILES string of the molecule is CC[C@@H](C(=O)NC1CCCCC1)N(Cc1c(Cl)cccc1Cl)C(=O)CN(c1ccc(OC)cc1)S(C)(=O)=O. The molecular formula is C27H35Cl2N3O5S. The average molecular weight is 585 g/mol. The van der Waals surface area contributed by atoms with Gasteiger partial charge in [-0.05, 0) is 55.7 Å². The molecule has 208 valence electrons. The number of halogens is 2. The van der Waals surface area contributed by atoms with Crippen LogP contribution in [0.15, 0.2) is 42.5 Å². The zero-order valence-corrected chi connectivity index (χ0v) is 24.3. The normalized spacial score (nSPS) is 15.0. The molecule has 0 saturated heterocycles. The summed E-state index contributed by atoms with van der Waals surface area (Å²) < 4.78 is 31.7. The van der Waals surface area contributed by atoms with E-state index in [1.807, 2.05) is 6.92 Å². The van der Waals surface area contributed by atoms with Crippen molar-refractivity contribution < 1.29 is 22.7 Å². The van der Waals surface area contributed by atoms with Gasteiger partial charge in [-0.3, -0.25) is 13.9 Å². The number of amides is 2. The summed E-state index contributed by atoms with van der Waals surface area (Å²) in [5.74, 6) is -0.270. The molecule has 8 nitrogen and oxygen atoms in total. The third kappa shape index (κ3) is 7.77. The second kappa shape index (κ2) is 13.5. The Kier molecular flexibility index (Phi) is 10.7. The number of nitrogens with zero attached hydrogens (tertiary/aromatic N) is 2. The van der Waals surface area contributed by atoms with Gasteiger partial charge in [-0.2, -0.15) is 0 Å². The van der Waals surface area contributed by atoms with Crippen LogP contribution in [0.2, 0.25) is 10.0 Å². The molecule has 0 aromatic heterocycles. The summed E-state index contributed by atoms with van der Waals surface area (Å²) in [6.45, 7) is 1.27. The Labute approximate surface area is 235 Å². The van der Waals surface area contributed by atoms with Gasteiger partial charge in [0, 0.05) is 28.2 Å². The van der Waals surface area contributed by atoms with Gasteiger partial charge in [0.1, 0.15) is 18.3 Å². The maximum Gasteiger partial charge on any atom is 0.244 e. The maximum absolute atomic E-state index is 13.8. The van der Waals surface area contributed by atoms with Crippen LogP contribution in [0, 0.1) is 0 Å². The molecule has 2 amide bonds. The topological polar surface area (TPSA) is 96.0 Å². The van der Waals surface area contributed by atoms with Gasteiger partial charge < -0.3 is 15.0 Å². The first kappa shape index (κ1) is 30.1. The van der Waals surface area contributed by atoms with E-state index >= 15 is 0 Å². The van der Waals surface area contributed by atoms with Gasteiger partial charge in [-0.15, -0.1) is 0 Å². The van der Waals surface area contributed by atoms with E-state index in [0.717, 1.165) is 42.7 Å². The summed E-state index contributed by atoms with van der Waals surface area (Å²) >= 11 is 12.8. The largest absolute Gasteiger partial charge is 0.497 e. The molecular weight excluding hydrogens is 549 g/mol. The predicted octanol–water partition coefficient (Wildman–Crippen LogP) is 5.02. The summed E-state index contributed by atoms with van der Waals surface area (Å²) in [5.41, 5.74) is 0.792. The minimum atomic E-state index is -3.84. The number of anilines is 1. The van der Waals surface area contributed by atoms with Gasteiger partial charge in [0.25, 0.3) is 0 Å². The number of sulfonamides is 1. The molecule has 2 aromatic rings. The predicted molar refractivity (Wildman–Crippen MR) is 151 cm³/mol. The highest BCUT2D eigenvalue weighted by Crippen LogP contribution is 2.28. The Hall–Kier alpha value is -2.49. The Morgan fingerprint density at radius 3 is 2.18 bits per heavy atom. The molecule has 38 heavy (non-hydrogen) atoms. The van der Waals surface area contributed by atoms with Crippen molar-refractivity contribution in [2.75, 3.05) is 24.2 Å². The van der Waals surface area contributed by atoms with Crippen molar-refractivity contribution in [1.29, 1.82) is 0 Å². The Morgan fingerprint density at radius 1 is 1.05 bits per heavy atom. The summed E-state index contributed by atoms with van der Waals surface area (Å²) in [4.78, 5) is 28.7. The van der Waals surface area contributed by atoms with Crippen LogP contribution in [0.3, 0.4) is 0 Å². The lowest BCUT2D eigenvalue weighted by molar-refractivity contribution is -0.140. The summed E-state index contributed by atoms with van der Waals surface area (Å²) in [6.07, 6.45) is 6.39. The fourth-order valence-corrected chi connectivity index (χ4v) is 6.05. The molecule has 0 heterocycles. The van der Waals surface area contributed by atoms with E-state index < -0.39 is 28.5 Å². The monoisotopic (exact) mass is 583 g/mol. The maximum atomic E-state index is 13.8. The van der Waals surface area contributed by atoms with Crippen molar-refractivity contribution >= 4 is 50.7 Å². The molecule has 0 aliphatic heterocycles. The Morgan fingerprint density at radius 2 is 1.66 bits per heavy atom. The van der Waals surface area contributed by atoms with Gasteiger partial charge in [0.2, 0.25) is 21.8 Å². The smallest absolute Gasteiger partial charge is 0.244 e. The molecule has 0 radical (unpaired) electrons. The van der Waals surface area contributed by atoms with Crippen LogP contribution in [0.5, 0.6) is 5.75 Å². The molecule has 1 fully saturated rings. The molecule has 1 atom stereocenters. The quantitative estimate of drug-likeness (QED) is 0.400. The lowest BCUT2D eigenvalue weighted by Gasteiger charge is -2.34. The molecule has 1 saturated carbocycles. The van der Waals surface area contributed by atoms with E-state index in [0.29, 0.717) is 33.5 Å². The molecule has 0 unspecified atom stereocenters. The Balaban J connectivity index is 1.95. The first-order valence-electron chi connectivity index (χ1n) is 12.7. The molecule has 11 heteroatoms. The summed E-state index contributed by atoms with van der Waals surface area (Å²) in [7, 11) is -2.33. The number of hydrogen-bond acceptors (Lipinski definition) is 5. The highest BCUT2D eigenvalue weighted by atomic mass is 35.5. The molecule has 1 aliphatic carbocycles. The van der Waals surface area contributed by atoms with Crippen LogP contribution in [0.1, 0.15) is 51.0 Å². The van der Waals surface area contributed by atoms with Gasteiger partial charge in [0.15, 0.2) is 0 Å². The van der Waals surface area contributed by atoms with Crippen LogP contribution in [0.25, 0.3) is 0 Å². The highest BCUT2D eigenvalue weighted by Gasteiger charge is 2.33. The minimum Gasteiger partial charge on any atom is -0.497 e. The molecule has 1 aliphatic rings. The number of ether oxygens (including phenoxy) is 1. The summed E-state index contributed by atoms with van der Waals surface area (Å²) in [5, 5.41) is 3.81. The molecule has 0 bridgehead atoms. The number of rotatable bonds is 11. The number of carbonyl (C=O) groups excluding carboxylic acids is 2. The van der Waals surface area contributed by atoms with E-state index in [-0.39, 0.29) is 18.5 Å².